The van der Waals surface area contributed by atoms with Crippen LogP contribution in [0.5, 0.6) is 0 Å². The van der Waals surface area contributed by atoms with Gasteiger partial charge in [-0.2, -0.15) is 0 Å². The second-order valence-electron chi connectivity index (χ2n) is 3.09. The molecule has 0 atom stereocenters. The normalized spacial score (nSPS) is 11.6. The van der Waals surface area contributed by atoms with Crippen LogP contribution in [0.1, 0.15) is 20.8 Å². The molecule has 0 rings (SSSR count). The molecule has 0 aliphatic carbocycles. The Morgan fingerprint density at radius 2 is 1.90 bits per heavy atom. The molecule has 0 saturated carbocycles. The van der Waals surface area contributed by atoms with Crippen molar-refractivity contribution in [3.63, 3.8) is 0 Å². The summed E-state index contributed by atoms with van der Waals surface area (Å²) in [5.41, 5.74) is -0.306. The number of thioether (sulfide) groups is 1. The lowest BCUT2D eigenvalue weighted by atomic mass is 10.00. The first-order chi connectivity index (χ1) is 4.48. The largest absolute Gasteiger partial charge is 0.287 e. The highest BCUT2D eigenvalue weighted by Crippen LogP contribution is 2.22. The topological polar surface area (TPSA) is 37.0 Å². The van der Waals surface area contributed by atoms with Crippen molar-refractivity contribution in [2.75, 3.05) is 12.4 Å². The molecule has 3 heteroatoms. The highest BCUT2D eigenvalue weighted by atomic mass is 32.2. The maximum absolute atomic E-state index is 11.0. The van der Waals surface area contributed by atoms with E-state index in [1.54, 1.807) is 0 Å². The summed E-state index contributed by atoms with van der Waals surface area (Å²) < 4.78 is 0. The maximum Gasteiger partial charge on any atom is 0.194 e. The third-order valence-corrected chi connectivity index (χ3v) is 2.17. The fourth-order valence-corrected chi connectivity index (χ4v) is 1.05. The van der Waals surface area contributed by atoms with Gasteiger partial charge in [0.25, 0.3) is 0 Å². The molecule has 0 spiro atoms. The van der Waals surface area contributed by atoms with Crippen molar-refractivity contribution in [3.8, 4) is 0 Å². The summed E-state index contributed by atoms with van der Waals surface area (Å²) in [4.78, 5) is 11.0. The first kappa shape index (κ1) is 9.98. The van der Waals surface area contributed by atoms with E-state index in [0.29, 0.717) is 5.75 Å². The van der Waals surface area contributed by atoms with Crippen molar-refractivity contribution in [1.82, 2.24) is 0 Å². The Morgan fingerprint density at radius 1 is 1.40 bits per heavy atom. The van der Waals surface area contributed by atoms with Crippen molar-refractivity contribution in [1.29, 1.82) is 0 Å². The lowest BCUT2D eigenvalue weighted by Gasteiger charge is -2.14. The number of hydrogen-bond donors (Lipinski definition) is 0. The van der Waals surface area contributed by atoms with Crippen molar-refractivity contribution in [2.45, 2.75) is 20.8 Å². The van der Waals surface area contributed by atoms with Gasteiger partial charge in [0.15, 0.2) is 5.12 Å². The number of carbonyl (C=O) groups is 1. The molecule has 0 aliphatic heterocycles. The second kappa shape index (κ2) is 3.98. The average molecular weight is 161 g/mol. The Hall–Kier alpha value is -0.0200. The molecule has 0 amide bonds. The molecule has 10 heavy (non-hydrogen) atoms. The molecular weight excluding hydrogens is 148 g/mol. The van der Waals surface area contributed by atoms with Crippen molar-refractivity contribution < 1.29 is 9.90 Å². The molecule has 0 aromatic rings. The van der Waals surface area contributed by atoms with Crippen molar-refractivity contribution in [2.24, 2.45) is 5.41 Å². The van der Waals surface area contributed by atoms with Crippen LogP contribution in [0.4, 0.5) is 0 Å². The van der Waals surface area contributed by atoms with Gasteiger partial charge in [-0.15, -0.1) is 0 Å². The van der Waals surface area contributed by atoms with E-state index in [9.17, 15) is 9.90 Å². The summed E-state index contributed by atoms with van der Waals surface area (Å²) in [6, 6.07) is 0. The average Bonchev–Trinajstić information content (AvgIpc) is 1.80. The van der Waals surface area contributed by atoms with Gasteiger partial charge >= 0.3 is 0 Å². The highest BCUT2D eigenvalue weighted by Gasteiger charge is 2.20. The fraction of sp³-hybridized carbons (Fsp3) is 0.857. The quantitative estimate of drug-likeness (QED) is 0.618. The van der Waals surface area contributed by atoms with Crippen LogP contribution in [-0.2, 0) is 9.90 Å². The third kappa shape index (κ3) is 3.90. The van der Waals surface area contributed by atoms with Crippen LogP contribution >= 0.6 is 11.8 Å². The fourth-order valence-electron chi connectivity index (χ4n) is 0.351. The first-order valence-corrected chi connectivity index (χ1v) is 4.22. The van der Waals surface area contributed by atoms with Gasteiger partial charge in [-0.1, -0.05) is 32.5 Å². The molecule has 59 valence electrons. The zero-order valence-corrected chi connectivity index (χ0v) is 7.46. The SMILES string of the molecule is CC(C)(C)C(=O)SCC[O]. The Bertz CT molecular complexity index is 115. The van der Waals surface area contributed by atoms with Crippen LogP contribution in [-0.4, -0.2) is 17.5 Å². The Labute approximate surface area is 66.0 Å². The maximum atomic E-state index is 11.0. The molecule has 1 radical (unpaired) electrons. The smallest absolute Gasteiger partial charge is 0.194 e. The van der Waals surface area contributed by atoms with Crippen LogP contribution in [0.15, 0.2) is 0 Å². The second-order valence-corrected chi connectivity index (χ2v) is 4.16. The predicted molar refractivity (Wildman–Crippen MR) is 42.5 cm³/mol. The van der Waals surface area contributed by atoms with Crippen LogP contribution in [0, 0.1) is 5.41 Å². The van der Waals surface area contributed by atoms with Crippen LogP contribution in [0.2, 0.25) is 0 Å². The van der Waals surface area contributed by atoms with Crippen LogP contribution in [0.3, 0.4) is 0 Å². The molecule has 0 saturated heterocycles. The molecule has 0 unspecified atom stereocenters. The third-order valence-electron chi connectivity index (χ3n) is 0.929. The van der Waals surface area contributed by atoms with Crippen LogP contribution in [0.25, 0.3) is 0 Å². The summed E-state index contributed by atoms with van der Waals surface area (Å²) in [5.74, 6) is 0.399. The molecule has 0 fully saturated rings. The van der Waals surface area contributed by atoms with E-state index in [0.717, 1.165) is 11.8 Å². The summed E-state index contributed by atoms with van der Waals surface area (Å²) in [6.45, 7) is 5.39. The molecule has 0 N–H and O–H groups in total. The lowest BCUT2D eigenvalue weighted by molar-refractivity contribution is -0.117. The van der Waals surface area contributed by atoms with E-state index in [2.05, 4.69) is 0 Å². The van der Waals surface area contributed by atoms with Gasteiger partial charge in [-0.25, -0.2) is 5.11 Å². The number of rotatable bonds is 2. The number of hydrogen-bond acceptors (Lipinski definition) is 2. The summed E-state index contributed by atoms with van der Waals surface area (Å²) in [6.07, 6.45) is 0. The zero-order chi connectivity index (χ0) is 8.20. The molecule has 0 aliphatic rings. The molecule has 0 aromatic carbocycles. The van der Waals surface area contributed by atoms with Gasteiger partial charge in [0.05, 0.1) is 6.61 Å². The Kier molecular flexibility index (Phi) is 3.98. The summed E-state index contributed by atoms with van der Waals surface area (Å²) >= 11 is 1.13. The van der Waals surface area contributed by atoms with Crippen molar-refractivity contribution >= 4 is 16.9 Å². The van der Waals surface area contributed by atoms with E-state index in [1.165, 1.54) is 0 Å². The molecule has 2 nitrogen and oxygen atoms in total. The van der Waals surface area contributed by atoms with E-state index in [4.69, 9.17) is 0 Å². The van der Waals surface area contributed by atoms with Gasteiger partial charge in [0.2, 0.25) is 0 Å². The Morgan fingerprint density at radius 3 is 2.20 bits per heavy atom. The lowest BCUT2D eigenvalue weighted by Crippen LogP contribution is -2.17. The highest BCUT2D eigenvalue weighted by molar-refractivity contribution is 8.13. The standard InChI is InChI=1S/C7H13O2S/c1-7(2,3)6(9)10-5-4-8/h4-5H2,1-3H3. The molecule has 0 aromatic heterocycles. The molecule has 0 bridgehead atoms. The minimum Gasteiger partial charge on any atom is -0.287 e. The van der Waals surface area contributed by atoms with Crippen molar-refractivity contribution in [3.05, 3.63) is 0 Å². The zero-order valence-electron chi connectivity index (χ0n) is 6.64. The van der Waals surface area contributed by atoms with Gasteiger partial charge in [-0.05, 0) is 0 Å². The minimum atomic E-state index is -0.306. The van der Waals surface area contributed by atoms with E-state index in [-0.39, 0.29) is 17.1 Å². The minimum absolute atomic E-state index is 0.100. The van der Waals surface area contributed by atoms with E-state index in [1.807, 2.05) is 20.8 Å². The molecule has 0 heterocycles. The Balaban J connectivity index is 3.64. The van der Waals surface area contributed by atoms with Crippen LogP contribution < -0.4 is 0 Å². The summed E-state index contributed by atoms with van der Waals surface area (Å²) in [5, 5.41) is 10.1. The molecular formula is C7H13O2S. The van der Waals surface area contributed by atoms with Gasteiger partial charge in [-0.3, -0.25) is 4.79 Å². The van der Waals surface area contributed by atoms with E-state index >= 15 is 0 Å². The van der Waals surface area contributed by atoms with Gasteiger partial charge < -0.3 is 0 Å². The number of carbonyl (C=O) groups excluding carboxylic acids is 1. The predicted octanol–water partition coefficient (Wildman–Crippen LogP) is 1.72. The van der Waals surface area contributed by atoms with Gasteiger partial charge in [0.1, 0.15) is 0 Å². The van der Waals surface area contributed by atoms with Gasteiger partial charge in [0, 0.05) is 11.2 Å². The monoisotopic (exact) mass is 161 g/mol. The van der Waals surface area contributed by atoms with E-state index < -0.39 is 0 Å². The first-order valence-electron chi connectivity index (χ1n) is 3.24. The summed E-state index contributed by atoms with van der Waals surface area (Å²) in [7, 11) is 0.